The van der Waals surface area contributed by atoms with Gasteiger partial charge in [0.25, 0.3) is 11.8 Å². The highest BCUT2D eigenvalue weighted by Gasteiger charge is 2.42. The largest absolute Gasteiger partial charge is 0.366 e. The van der Waals surface area contributed by atoms with Gasteiger partial charge in [-0.15, -0.1) is 0 Å². The summed E-state index contributed by atoms with van der Waals surface area (Å²) in [6.07, 6.45) is 3.22. The fourth-order valence-electron chi connectivity index (χ4n) is 3.73. The molecule has 0 N–H and O–H groups in total. The fraction of sp³-hybridized carbons (Fsp3) is 0.273. The SMILES string of the molecule is Cc1ccc(N2C(=O)C(c3ccc(Cl)cc3)=C(N3CCCCC3)C2=O)cc1. The van der Waals surface area contributed by atoms with E-state index in [-0.39, 0.29) is 11.8 Å². The Morgan fingerprint density at radius 2 is 1.44 bits per heavy atom. The lowest BCUT2D eigenvalue weighted by atomic mass is 10.0. The number of halogens is 1. The summed E-state index contributed by atoms with van der Waals surface area (Å²) in [4.78, 5) is 30.0. The summed E-state index contributed by atoms with van der Waals surface area (Å²) in [5.41, 5.74) is 3.41. The van der Waals surface area contributed by atoms with Crippen LogP contribution in [-0.2, 0) is 9.59 Å². The van der Waals surface area contributed by atoms with E-state index < -0.39 is 0 Å². The van der Waals surface area contributed by atoms with Crippen molar-refractivity contribution in [2.45, 2.75) is 26.2 Å². The Bertz CT molecular complexity index is 910. The first kappa shape index (κ1) is 17.8. The molecular weight excluding hydrogens is 360 g/mol. The number of aryl methyl sites for hydroxylation is 1. The number of likely N-dealkylation sites (tertiary alicyclic amines) is 1. The summed E-state index contributed by atoms with van der Waals surface area (Å²) < 4.78 is 0. The molecule has 0 radical (unpaired) electrons. The third kappa shape index (κ3) is 3.26. The number of anilines is 1. The molecule has 4 nitrogen and oxygen atoms in total. The molecule has 27 heavy (non-hydrogen) atoms. The van der Waals surface area contributed by atoms with E-state index >= 15 is 0 Å². The molecule has 5 heteroatoms. The second-order valence-electron chi connectivity index (χ2n) is 7.06. The van der Waals surface area contributed by atoms with Gasteiger partial charge in [0.15, 0.2) is 0 Å². The van der Waals surface area contributed by atoms with Crippen molar-refractivity contribution in [1.29, 1.82) is 0 Å². The summed E-state index contributed by atoms with van der Waals surface area (Å²) in [5, 5.41) is 0.603. The van der Waals surface area contributed by atoms with Crippen LogP contribution in [0, 0.1) is 6.92 Å². The molecule has 0 aliphatic carbocycles. The van der Waals surface area contributed by atoms with E-state index in [9.17, 15) is 9.59 Å². The van der Waals surface area contributed by atoms with Crippen molar-refractivity contribution < 1.29 is 9.59 Å². The minimum absolute atomic E-state index is 0.240. The number of benzene rings is 2. The molecule has 2 amide bonds. The van der Waals surface area contributed by atoms with Crippen LogP contribution in [0.5, 0.6) is 0 Å². The molecule has 0 saturated carbocycles. The molecule has 2 heterocycles. The molecule has 0 aromatic heterocycles. The van der Waals surface area contributed by atoms with Crippen molar-refractivity contribution in [2.75, 3.05) is 18.0 Å². The van der Waals surface area contributed by atoms with Crippen LogP contribution in [0.3, 0.4) is 0 Å². The standard InChI is InChI=1S/C22H21ClN2O2/c1-15-5-11-18(12-6-15)25-21(26)19(16-7-9-17(23)10-8-16)20(22(25)27)24-13-3-2-4-14-24/h5-12H,2-4,13-14H2,1H3. The number of piperidine rings is 1. The van der Waals surface area contributed by atoms with E-state index in [1.807, 2.05) is 43.3 Å². The van der Waals surface area contributed by atoms with Crippen molar-refractivity contribution >= 4 is 34.7 Å². The Kier molecular flexibility index (Phi) is 4.75. The minimum Gasteiger partial charge on any atom is -0.366 e. The maximum Gasteiger partial charge on any atom is 0.282 e. The topological polar surface area (TPSA) is 40.6 Å². The van der Waals surface area contributed by atoms with E-state index in [0.717, 1.165) is 43.5 Å². The van der Waals surface area contributed by atoms with E-state index in [1.54, 1.807) is 12.1 Å². The van der Waals surface area contributed by atoms with Crippen molar-refractivity contribution in [3.05, 3.63) is 70.4 Å². The van der Waals surface area contributed by atoms with Crippen molar-refractivity contribution in [1.82, 2.24) is 4.90 Å². The minimum atomic E-state index is -0.272. The quantitative estimate of drug-likeness (QED) is 0.740. The Morgan fingerprint density at radius 1 is 0.815 bits per heavy atom. The van der Waals surface area contributed by atoms with Crippen LogP contribution < -0.4 is 4.90 Å². The molecule has 0 spiro atoms. The number of carbonyl (C=O) groups is 2. The van der Waals surface area contributed by atoms with Crippen LogP contribution >= 0.6 is 11.6 Å². The number of rotatable bonds is 3. The molecule has 2 aromatic rings. The number of imide groups is 1. The van der Waals surface area contributed by atoms with Gasteiger partial charge in [0.1, 0.15) is 5.70 Å². The average molecular weight is 381 g/mol. The first-order valence-corrected chi connectivity index (χ1v) is 9.64. The Morgan fingerprint density at radius 3 is 2.07 bits per heavy atom. The van der Waals surface area contributed by atoms with Gasteiger partial charge in [-0.3, -0.25) is 9.59 Å². The molecule has 138 valence electrons. The predicted octanol–water partition coefficient (Wildman–Crippen LogP) is 4.42. The van der Waals surface area contributed by atoms with Crippen LogP contribution in [0.25, 0.3) is 5.57 Å². The monoisotopic (exact) mass is 380 g/mol. The first-order valence-electron chi connectivity index (χ1n) is 9.27. The maximum absolute atomic E-state index is 13.3. The molecule has 2 aliphatic heterocycles. The second kappa shape index (κ2) is 7.20. The lowest BCUT2D eigenvalue weighted by molar-refractivity contribution is -0.120. The van der Waals surface area contributed by atoms with E-state index in [2.05, 4.69) is 4.90 Å². The highest BCUT2D eigenvalue weighted by molar-refractivity contribution is 6.45. The molecule has 0 bridgehead atoms. The highest BCUT2D eigenvalue weighted by Crippen LogP contribution is 2.36. The van der Waals surface area contributed by atoms with Crippen LogP contribution in [0.2, 0.25) is 5.02 Å². The van der Waals surface area contributed by atoms with Crippen LogP contribution in [0.15, 0.2) is 54.2 Å². The summed E-state index contributed by atoms with van der Waals surface area (Å²) in [6, 6.07) is 14.6. The first-order chi connectivity index (χ1) is 13.1. The maximum atomic E-state index is 13.3. The summed E-state index contributed by atoms with van der Waals surface area (Å²) in [7, 11) is 0. The zero-order valence-corrected chi connectivity index (χ0v) is 16.0. The third-order valence-corrected chi connectivity index (χ3v) is 5.41. The van der Waals surface area contributed by atoms with Crippen LogP contribution in [0.1, 0.15) is 30.4 Å². The summed E-state index contributed by atoms with van der Waals surface area (Å²) in [6.45, 7) is 3.58. The molecule has 4 rings (SSSR count). The van der Waals surface area contributed by atoms with Gasteiger partial charge in [-0.2, -0.15) is 0 Å². The van der Waals surface area contributed by atoms with E-state index in [4.69, 9.17) is 11.6 Å². The molecule has 0 atom stereocenters. The zero-order valence-electron chi connectivity index (χ0n) is 15.2. The van der Waals surface area contributed by atoms with Gasteiger partial charge < -0.3 is 4.90 Å². The number of carbonyl (C=O) groups excluding carboxylic acids is 2. The van der Waals surface area contributed by atoms with E-state index in [1.165, 1.54) is 4.90 Å². The van der Waals surface area contributed by atoms with Crippen LogP contribution in [0.4, 0.5) is 5.69 Å². The molecule has 2 aliphatic rings. The Labute approximate surface area is 164 Å². The number of hydrogen-bond donors (Lipinski definition) is 0. The van der Waals surface area contributed by atoms with Gasteiger partial charge in [-0.05, 0) is 56.0 Å². The second-order valence-corrected chi connectivity index (χ2v) is 7.50. The van der Waals surface area contributed by atoms with Crippen molar-refractivity contribution in [3.8, 4) is 0 Å². The Balaban J connectivity index is 1.81. The molecular formula is C22H21ClN2O2. The van der Waals surface area contributed by atoms with Gasteiger partial charge in [-0.25, -0.2) is 4.90 Å². The normalized spacial score (nSPS) is 17.9. The predicted molar refractivity (Wildman–Crippen MR) is 107 cm³/mol. The molecule has 1 fully saturated rings. The number of nitrogens with zero attached hydrogens (tertiary/aromatic N) is 2. The van der Waals surface area contributed by atoms with Gasteiger partial charge in [-0.1, -0.05) is 41.4 Å². The molecule has 1 saturated heterocycles. The van der Waals surface area contributed by atoms with Gasteiger partial charge in [0.05, 0.1) is 11.3 Å². The van der Waals surface area contributed by atoms with Gasteiger partial charge in [0.2, 0.25) is 0 Å². The van der Waals surface area contributed by atoms with E-state index in [0.29, 0.717) is 22.0 Å². The van der Waals surface area contributed by atoms with Gasteiger partial charge in [0, 0.05) is 18.1 Å². The van der Waals surface area contributed by atoms with Crippen molar-refractivity contribution in [2.24, 2.45) is 0 Å². The Hall–Kier alpha value is -2.59. The fourth-order valence-corrected chi connectivity index (χ4v) is 3.86. The number of amides is 2. The van der Waals surface area contributed by atoms with Crippen LogP contribution in [-0.4, -0.2) is 29.8 Å². The zero-order chi connectivity index (χ0) is 19.0. The average Bonchev–Trinajstić information content (AvgIpc) is 2.94. The molecule has 0 unspecified atom stereocenters. The molecule has 2 aromatic carbocycles. The summed E-state index contributed by atoms with van der Waals surface area (Å²) in [5.74, 6) is -0.512. The number of hydrogen-bond acceptors (Lipinski definition) is 3. The smallest absolute Gasteiger partial charge is 0.282 e. The third-order valence-electron chi connectivity index (χ3n) is 5.16. The summed E-state index contributed by atoms with van der Waals surface area (Å²) >= 11 is 6.02. The van der Waals surface area contributed by atoms with Gasteiger partial charge >= 0.3 is 0 Å². The lowest BCUT2D eigenvalue weighted by Crippen LogP contribution is -2.37. The lowest BCUT2D eigenvalue weighted by Gasteiger charge is -2.29. The highest BCUT2D eigenvalue weighted by atomic mass is 35.5. The van der Waals surface area contributed by atoms with Crippen molar-refractivity contribution in [3.63, 3.8) is 0 Å².